The molecule has 0 atom stereocenters. The first-order valence-electron chi connectivity index (χ1n) is 5.36. The molecule has 0 spiro atoms. The largest absolute Gasteiger partial charge is 0.476 e. The SMILES string of the molecule is Cc1cc(CCNc2cnc(C(=O)O)cn2)on1. The molecule has 0 radical (unpaired) electrons. The van der Waals surface area contributed by atoms with Crippen LogP contribution in [0, 0.1) is 6.92 Å². The molecule has 0 aliphatic heterocycles. The maximum atomic E-state index is 10.6. The first kappa shape index (κ1) is 12.0. The Kier molecular flexibility index (Phi) is 3.52. The molecule has 0 saturated carbocycles. The predicted molar refractivity (Wildman–Crippen MR) is 62.4 cm³/mol. The number of hydrogen-bond donors (Lipinski definition) is 2. The van der Waals surface area contributed by atoms with E-state index in [4.69, 9.17) is 9.63 Å². The van der Waals surface area contributed by atoms with E-state index in [1.54, 1.807) is 0 Å². The lowest BCUT2D eigenvalue weighted by atomic mass is 10.3. The molecule has 2 N–H and O–H groups in total. The number of carbonyl (C=O) groups is 1. The predicted octanol–water partition coefficient (Wildman–Crippen LogP) is 1.13. The number of hydrogen-bond acceptors (Lipinski definition) is 6. The van der Waals surface area contributed by atoms with E-state index >= 15 is 0 Å². The van der Waals surface area contributed by atoms with Crippen molar-refractivity contribution in [1.29, 1.82) is 0 Å². The van der Waals surface area contributed by atoms with Gasteiger partial charge in [-0.15, -0.1) is 0 Å². The van der Waals surface area contributed by atoms with Crippen LogP contribution in [0.15, 0.2) is 23.0 Å². The van der Waals surface area contributed by atoms with Crippen LogP contribution in [0.2, 0.25) is 0 Å². The minimum Gasteiger partial charge on any atom is -0.476 e. The van der Waals surface area contributed by atoms with Gasteiger partial charge < -0.3 is 14.9 Å². The lowest BCUT2D eigenvalue weighted by Gasteiger charge is -2.03. The molecular weight excluding hydrogens is 236 g/mol. The van der Waals surface area contributed by atoms with Crippen LogP contribution >= 0.6 is 0 Å². The molecule has 2 rings (SSSR count). The van der Waals surface area contributed by atoms with Gasteiger partial charge in [0.05, 0.1) is 18.1 Å². The third-order valence-electron chi connectivity index (χ3n) is 2.23. The summed E-state index contributed by atoms with van der Waals surface area (Å²) in [6.45, 7) is 2.46. The number of rotatable bonds is 5. The van der Waals surface area contributed by atoms with Crippen molar-refractivity contribution in [2.45, 2.75) is 13.3 Å². The zero-order valence-corrected chi connectivity index (χ0v) is 9.75. The molecular formula is C11H12N4O3. The van der Waals surface area contributed by atoms with Crippen LogP contribution in [0.3, 0.4) is 0 Å². The van der Waals surface area contributed by atoms with Gasteiger partial charge >= 0.3 is 5.97 Å². The number of aromatic carboxylic acids is 1. The molecule has 94 valence electrons. The summed E-state index contributed by atoms with van der Waals surface area (Å²) in [4.78, 5) is 18.3. The first-order valence-corrected chi connectivity index (χ1v) is 5.36. The van der Waals surface area contributed by atoms with Gasteiger partial charge in [0, 0.05) is 19.0 Å². The van der Waals surface area contributed by atoms with Gasteiger partial charge in [0.1, 0.15) is 11.6 Å². The van der Waals surface area contributed by atoms with E-state index in [-0.39, 0.29) is 5.69 Å². The second kappa shape index (κ2) is 5.26. The number of aryl methyl sites for hydroxylation is 1. The van der Waals surface area contributed by atoms with Crippen molar-refractivity contribution in [3.05, 3.63) is 35.6 Å². The summed E-state index contributed by atoms with van der Waals surface area (Å²) in [7, 11) is 0. The quantitative estimate of drug-likeness (QED) is 0.817. The summed E-state index contributed by atoms with van der Waals surface area (Å²) in [6, 6.07) is 1.86. The smallest absolute Gasteiger partial charge is 0.356 e. The number of nitrogens with zero attached hydrogens (tertiary/aromatic N) is 3. The fourth-order valence-electron chi connectivity index (χ4n) is 1.38. The summed E-state index contributed by atoms with van der Waals surface area (Å²) < 4.78 is 5.05. The van der Waals surface area contributed by atoms with Crippen molar-refractivity contribution in [2.24, 2.45) is 0 Å². The van der Waals surface area contributed by atoms with Crippen LogP contribution < -0.4 is 5.32 Å². The molecule has 0 bridgehead atoms. The number of anilines is 1. The highest BCUT2D eigenvalue weighted by molar-refractivity contribution is 5.84. The Morgan fingerprint density at radius 1 is 1.44 bits per heavy atom. The summed E-state index contributed by atoms with van der Waals surface area (Å²) >= 11 is 0. The van der Waals surface area contributed by atoms with E-state index in [1.165, 1.54) is 12.4 Å². The topological polar surface area (TPSA) is 101 Å². The van der Waals surface area contributed by atoms with Crippen LogP contribution in [0.5, 0.6) is 0 Å². The molecule has 2 heterocycles. The average molecular weight is 248 g/mol. The lowest BCUT2D eigenvalue weighted by Crippen LogP contribution is -2.08. The fraction of sp³-hybridized carbons (Fsp3) is 0.273. The third-order valence-corrected chi connectivity index (χ3v) is 2.23. The highest BCUT2D eigenvalue weighted by Gasteiger charge is 2.05. The maximum absolute atomic E-state index is 10.6. The van der Waals surface area contributed by atoms with E-state index in [1.807, 2.05) is 13.0 Å². The molecule has 2 aromatic rings. The molecule has 7 nitrogen and oxygen atoms in total. The van der Waals surface area contributed by atoms with Gasteiger partial charge in [-0.2, -0.15) is 0 Å². The standard InChI is InChI=1S/C11H12N4O3/c1-7-4-8(18-15-7)2-3-12-10-6-13-9(5-14-10)11(16)17/h4-6H,2-3H2,1H3,(H,12,14)(H,16,17). The van der Waals surface area contributed by atoms with Gasteiger partial charge in [0.2, 0.25) is 0 Å². The number of nitrogens with one attached hydrogen (secondary N) is 1. The zero-order chi connectivity index (χ0) is 13.0. The molecule has 7 heteroatoms. The average Bonchev–Trinajstić information content (AvgIpc) is 2.76. The second-order valence-electron chi connectivity index (χ2n) is 3.70. The molecule has 2 aromatic heterocycles. The zero-order valence-electron chi connectivity index (χ0n) is 9.75. The van der Waals surface area contributed by atoms with Gasteiger partial charge in [-0.25, -0.2) is 14.8 Å². The van der Waals surface area contributed by atoms with Crippen molar-refractivity contribution in [3.63, 3.8) is 0 Å². The van der Waals surface area contributed by atoms with Gasteiger partial charge in [0.15, 0.2) is 5.69 Å². The molecule has 0 aliphatic carbocycles. The molecule has 0 unspecified atom stereocenters. The highest BCUT2D eigenvalue weighted by Crippen LogP contribution is 2.05. The van der Waals surface area contributed by atoms with Gasteiger partial charge in [0.25, 0.3) is 0 Å². The lowest BCUT2D eigenvalue weighted by molar-refractivity contribution is 0.0690. The van der Waals surface area contributed by atoms with E-state index in [2.05, 4.69) is 20.4 Å². The van der Waals surface area contributed by atoms with Crippen molar-refractivity contribution in [3.8, 4) is 0 Å². The Morgan fingerprint density at radius 2 is 2.28 bits per heavy atom. The third kappa shape index (κ3) is 3.03. The Morgan fingerprint density at radius 3 is 2.83 bits per heavy atom. The monoisotopic (exact) mass is 248 g/mol. The molecule has 0 fully saturated rings. The minimum absolute atomic E-state index is 0.0774. The molecule has 0 amide bonds. The minimum atomic E-state index is -1.09. The van der Waals surface area contributed by atoms with Gasteiger partial charge in [-0.05, 0) is 6.92 Å². The fourth-order valence-corrected chi connectivity index (χ4v) is 1.38. The molecule has 0 aliphatic rings. The van der Waals surface area contributed by atoms with Crippen molar-refractivity contribution < 1.29 is 14.4 Å². The van der Waals surface area contributed by atoms with Crippen LogP contribution in [0.25, 0.3) is 0 Å². The second-order valence-corrected chi connectivity index (χ2v) is 3.70. The molecule has 18 heavy (non-hydrogen) atoms. The summed E-state index contributed by atoms with van der Waals surface area (Å²) in [5.41, 5.74) is 0.766. The van der Waals surface area contributed by atoms with Crippen LogP contribution in [0.4, 0.5) is 5.82 Å². The number of carboxylic acid groups (broad SMARTS) is 1. The summed E-state index contributed by atoms with van der Waals surface area (Å²) in [5.74, 6) is 0.220. The van der Waals surface area contributed by atoms with E-state index in [9.17, 15) is 4.79 Å². The van der Waals surface area contributed by atoms with Crippen LogP contribution in [-0.2, 0) is 6.42 Å². The van der Waals surface area contributed by atoms with Crippen molar-refractivity contribution in [2.75, 3.05) is 11.9 Å². The number of carboxylic acids is 1. The number of aromatic nitrogens is 3. The van der Waals surface area contributed by atoms with E-state index in [0.717, 1.165) is 11.5 Å². The van der Waals surface area contributed by atoms with Gasteiger partial charge in [-0.1, -0.05) is 5.16 Å². The Labute approximate surface area is 103 Å². The first-order chi connectivity index (χ1) is 8.65. The Hall–Kier alpha value is -2.44. The summed E-state index contributed by atoms with van der Waals surface area (Å²) in [5, 5.41) is 15.5. The Bertz CT molecular complexity index is 535. The van der Waals surface area contributed by atoms with Crippen LogP contribution in [0.1, 0.15) is 21.9 Å². The highest BCUT2D eigenvalue weighted by atomic mass is 16.5. The maximum Gasteiger partial charge on any atom is 0.356 e. The van der Waals surface area contributed by atoms with Crippen molar-refractivity contribution in [1.82, 2.24) is 15.1 Å². The Balaban J connectivity index is 1.85. The molecule has 0 saturated heterocycles. The normalized spacial score (nSPS) is 10.3. The van der Waals surface area contributed by atoms with E-state index in [0.29, 0.717) is 18.8 Å². The summed E-state index contributed by atoms with van der Waals surface area (Å²) in [6.07, 6.45) is 3.27. The van der Waals surface area contributed by atoms with Crippen molar-refractivity contribution >= 4 is 11.8 Å². The van der Waals surface area contributed by atoms with E-state index < -0.39 is 5.97 Å². The van der Waals surface area contributed by atoms with Gasteiger partial charge in [-0.3, -0.25) is 0 Å². The van der Waals surface area contributed by atoms with Crippen LogP contribution in [-0.4, -0.2) is 32.7 Å². The molecule has 0 aromatic carbocycles.